The molecule has 1 aliphatic rings. The van der Waals surface area contributed by atoms with Gasteiger partial charge in [-0.25, -0.2) is 4.79 Å². The fourth-order valence-electron chi connectivity index (χ4n) is 3.24. The SMILES string of the molecule is Cc1cc(C(=O)O)ccc1-c1ccc(C(C)N2CCOCC2)cc1. The minimum absolute atomic E-state index is 0.328. The van der Waals surface area contributed by atoms with E-state index in [1.165, 1.54) is 5.56 Å². The molecule has 2 aromatic rings. The summed E-state index contributed by atoms with van der Waals surface area (Å²) in [6.07, 6.45) is 0. The normalized spacial score (nSPS) is 16.8. The molecule has 0 aromatic heterocycles. The second-order valence-corrected chi connectivity index (χ2v) is 6.28. The van der Waals surface area contributed by atoms with Crippen molar-refractivity contribution < 1.29 is 14.6 Å². The maximum Gasteiger partial charge on any atom is 0.335 e. The van der Waals surface area contributed by atoms with Gasteiger partial charge in [0.05, 0.1) is 18.8 Å². The van der Waals surface area contributed by atoms with Gasteiger partial charge in [-0.1, -0.05) is 30.3 Å². The Hall–Kier alpha value is -2.17. The molecule has 2 aromatic carbocycles. The van der Waals surface area contributed by atoms with E-state index in [9.17, 15) is 4.79 Å². The van der Waals surface area contributed by atoms with Gasteiger partial charge in [0.15, 0.2) is 0 Å². The van der Waals surface area contributed by atoms with Crippen LogP contribution in [0.5, 0.6) is 0 Å². The Morgan fingerprint density at radius 3 is 2.38 bits per heavy atom. The number of carboxylic acid groups (broad SMARTS) is 1. The number of ether oxygens (including phenoxy) is 1. The standard InChI is InChI=1S/C20H23NO3/c1-14-13-18(20(22)23)7-8-19(14)17-5-3-16(4-6-17)15(2)21-9-11-24-12-10-21/h3-8,13,15H,9-12H2,1-2H3,(H,22,23). The third-order valence-electron chi connectivity index (χ3n) is 4.77. The predicted octanol–water partition coefficient (Wildman–Crippen LogP) is 3.75. The molecule has 3 rings (SSSR count). The molecule has 0 amide bonds. The van der Waals surface area contributed by atoms with Crippen molar-refractivity contribution in [1.82, 2.24) is 4.90 Å². The molecule has 24 heavy (non-hydrogen) atoms. The van der Waals surface area contributed by atoms with Crippen LogP contribution in [-0.2, 0) is 4.74 Å². The van der Waals surface area contributed by atoms with E-state index in [-0.39, 0.29) is 0 Å². The van der Waals surface area contributed by atoms with Gasteiger partial charge in [-0.05, 0) is 48.2 Å². The Labute approximate surface area is 142 Å². The fraction of sp³-hybridized carbons (Fsp3) is 0.350. The van der Waals surface area contributed by atoms with Gasteiger partial charge in [0.25, 0.3) is 0 Å². The molecule has 1 saturated heterocycles. The van der Waals surface area contributed by atoms with Gasteiger partial charge in [0, 0.05) is 19.1 Å². The van der Waals surface area contributed by atoms with Crippen LogP contribution in [0.15, 0.2) is 42.5 Å². The van der Waals surface area contributed by atoms with Crippen LogP contribution in [0.1, 0.15) is 34.5 Å². The van der Waals surface area contributed by atoms with E-state index in [2.05, 4.69) is 36.1 Å². The second kappa shape index (κ2) is 7.16. The molecule has 1 heterocycles. The quantitative estimate of drug-likeness (QED) is 0.930. The number of hydrogen-bond donors (Lipinski definition) is 1. The third kappa shape index (κ3) is 3.50. The van der Waals surface area contributed by atoms with Crippen LogP contribution < -0.4 is 0 Å². The van der Waals surface area contributed by atoms with Crippen LogP contribution in [0.4, 0.5) is 0 Å². The number of hydrogen-bond acceptors (Lipinski definition) is 3. The average Bonchev–Trinajstić information content (AvgIpc) is 2.62. The number of morpholine rings is 1. The molecule has 4 nitrogen and oxygen atoms in total. The lowest BCUT2D eigenvalue weighted by molar-refractivity contribution is 0.0198. The monoisotopic (exact) mass is 325 g/mol. The molecule has 126 valence electrons. The Bertz CT molecular complexity index is 718. The van der Waals surface area contributed by atoms with Crippen LogP contribution >= 0.6 is 0 Å². The highest BCUT2D eigenvalue weighted by Gasteiger charge is 2.18. The lowest BCUT2D eigenvalue weighted by Crippen LogP contribution is -2.37. The smallest absolute Gasteiger partial charge is 0.335 e. The number of nitrogens with zero attached hydrogens (tertiary/aromatic N) is 1. The molecule has 0 aliphatic carbocycles. The third-order valence-corrected chi connectivity index (χ3v) is 4.77. The first-order valence-corrected chi connectivity index (χ1v) is 8.32. The van der Waals surface area contributed by atoms with Gasteiger partial charge >= 0.3 is 5.97 Å². The van der Waals surface area contributed by atoms with Gasteiger partial charge in [-0.15, -0.1) is 0 Å². The summed E-state index contributed by atoms with van der Waals surface area (Å²) in [5.41, 5.74) is 4.78. The molecule has 1 fully saturated rings. The highest BCUT2D eigenvalue weighted by Crippen LogP contribution is 2.27. The average molecular weight is 325 g/mol. The van der Waals surface area contributed by atoms with E-state index in [0.717, 1.165) is 43.0 Å². The van der Waals surface area contributed by atoms with Gasteiger partial charge < -0.3 is 9.84 Å². The number of carbonyl (C=O) groups is 1. The molecule has 0 spiro atoms. The summed E-state index contributed by atoms with van der Waals surface area (Å²) in [6, 6.07) is 14.2. The van der Waals surface area contributed by atoms with Crippen molar-refractivity contribution >= 4 is 5.97 Å². The second-order valence-electron chi connectivity index (χ2n) is 6.28. The lowest BCUT2D eigenvalue weighted by Gasteiger charge is -2.32. The van der Waals surface area contributed by atoms with Gasteiger partial charge in [-0.3, -0.25) is 4.90 Å². The number of rotatable bonds is 4. The molecule has 1 aliphatic heterocycles. The van der Waals surface area contributed by atoms with Gasteiger partial charge in [-0.2, -0.15) is 0 Å². The van der Waals surface area contributed by atoms with Crippen molar-refractivity contribution in [3.8, 4) is 11.1 Å². The molecule has 0 radical (unpaired) electrons. The van der Waals surface area contributed by atoms with Crippen molar-refractivity contribution in [1.29, 1.82) is 0 Å². The lowest BCUT2D eigenvalue weighted by atomic mass is 9.96. The first-order chi connectivity index (χ1) is 11.6. The van der Waals surface area contributed by atoms with Gasteiger partial charge in [0.2, 0.25) is 0 Å². The molecule has 0 saturated carbocycles. The Morgan fingerprint density at radius 2 is 1.79 bits per heavy atom. The van der Waals surface area contributed by atoms with Crippen LogP contribution in [0.3, 0.4) is 0 Å². The van der Waals surface area contributed by atoms with E-state index in [0.29, 0.717) is 11.6 Å². The molecule has 4 heteroatoms. The van der Waals surface area contributed by atoms with Crippen LogP contribution in [-0.4, -0.2) is 42.3 Å². The summed E-state index contributed by atoms with van der Waals surface area (Å²) in [5, 5.41) is 9.08. The first-order valence-electron chi connectivity index (χ1n) is 8.32. The molecule has 1 unspecified atom stereocenters. The zero-order valence-electron chi connectivity index (χ0n) is 14.2. The van der Waals surface area contributed by atoms with Crippen molar-refractivity contribution in [3.63, 3.8) is 0 Å². The van der Waals surface area contributed by atoms with Crippen LogP contribution in [0.25, 0.3) is 11.1 Å². The van der Waals surface area contributed by atoms with Crippen molar-refractivity contribution in [3.05, 3.63) is 59.2 Å². The Morgan fingerprint density at radius 1 is 1.12 bits per heavy atom. The van der Waals surface area contributed by atoms with Crippen molar-refractivity contribution in [2.24, 2.45) is 0 Å². The van der Waals surface area contributed by atoms with E-state index < -0.39 is 5.97 Å². The minimum atomic E-state index is -0.890. The van der Waals surface area contributed by atoms with Crippen LogP contribution in [0, 0.1) is 6.92 Å². The molecular weight excluding hydrogens is 302 g/mol. The van der Waals surface area contributed by atoms with Crippen molar-refractivity contribution in [2.45, 2.75) is 19.9 Å². The summed E-state index contributed by atoms with van der Waals surface area (Å²) in [7, 11) is 0. The molecule has 0 bridgehead atoms. The zero-order chi connectivity index (χ0) is 17.1. The number of carboxylic acids is 1. The van der Waals surface area contributed by atoms with E-state index in [1.54, 1.807) is 12.1 Å². The minimum Gasteiger partial charge on any atom is -0.478 e. The maximum atomic E-state index is 11.1. The van der Waals surface area contributed by atoms with Crippen LogP contribution in [0.2, 0.25) is 0 Å². The summed E-state index contributed by atoms with van der Waals surface area (Å²) in [6.45, 7) is 7.73. The Kier molecular flexibility index (Phi) is 4.97. The highest BCUT2D eigenvalue weighted by molar-refractivity contribution is 5.89. The number of aromatic carboxylic acids is 1. The molecular formula is C20H23NO3. The predicted molar refractivity (Wildman–Crippen MR) is 94.4 cm³/mol. The maximum absolute atomic E-state index is 11.1. The highest BCUT2D eigenvalue weighted by atomic mass is 16.5. The topological polar surface area (TPSA) is 49.8 Å². The molecule has 1 atom stereocenters. The summed E-state index contributed by atoms with van der Waals surface area (Å²) in [5.74, 6) is -0.890. The summed E-state index contributed by atoms with van der Waals surface area (Å²) in [4.78, 5) is 13.5. The van der Waals surface area contributed by atoms with E-state index in [4.69, 9.17) is 9.84 Å². The van der Waals surface area contributed by atoms with Gasteiger partial charge in [0.1, 0.15) is 0 Å². The van der Waals surface area contributed by atoms with E-state index >= 15 is 0 Å². The summed E-state index contributed by atoms with van der Waals surface area (Å²) >= 11 is 0. The number of benzene rings is 2. The Balaban J connectivity index is 1.80. The van der Waals surface area contributed by atoms with Crippen molar-refractivity contribution in [2.75, 3.05) is 26.3 Å². The molecule has 1 N–H and O–H groups in total. The zero-order valence-corrected chi connectivity index (χ0v) is 14.2. The largest absolute Gasteiger partial charge is 0.478 e. The first kappa shape index (κ1) is 16.7. The van der Waals surface area contributed by atoms with E-state index in [1.807, 2.05) is 13.0 Å². The number of aryl methyl sites for hydroxylation is 1. The fourth-order valence-corrected chi connectivity index (χ4v) is 3.24. The summed E-state index contributed by atoms with van der Waals surface area (Å²) < 4.78 is 5.42.